The number of aromatic nitrogens is 2. The first-order chi connectivity index (χ1) is 14.9. The van der Waals surface area contributed by atoms with Gasteiger partial charge in [-0.1, -0.05) is 41.4 Å². The maximum Gasteiger partial charge on any atom is 0.255 e. The van der Waals surface area contributed by atoms with Crippen molar-refractivity contribution in [3.8, 4) is 11.5 Å². The predicted octanol–water partition coefficient (Wildman–Crippen LogP) is 4.60. The third-order valence-electron chi connectivity index (χ3n) is 5.24. The van der Waals surface area contributed by atoms with Crippen LogP contribution >= 0.6 is 23.2 Å². The first kappa shape index (κ1) is 21.5. The highest BCUT2D eigenvalue weighted by molar-refractivity contribution is 6.32. The molecule has 2 heterocycles. The highest BCUT2D eigenvalue weighted by Gasteiger charge is 2.20. The molecule has 0 saturated carbocycles. The number of nitrogens with one attached hydrogen (secondary N) is 1. The number of hydrogen-bond donors (Lipinski definition) is 1. The molecule has 1 aromatic heterocycles. The second-order valence-corrected chi connectivity index (χ2v) is 8.22. The number of halogens is 2. The maximum atomic E-state index is 12.8. The molecule has 8 heteroatoms. The molecule has 0 fully saturated rings. The van der Waals surface area contributed by atoms with Crippen LogP contribution in [0.3, 0.4) is 0 Å². The highest BCUT2D eigenvalue weighted by Crippen LogP contribution is 2.38. The summed E-state index contributed by atoms with van der Waals surface area (Å²) in [5, 5.41) is 8.73. The van der Waals surface area contributed by atoms with Crippen LogP contribution in [0, 0.1) is 13.8 Å². The van der Waals surface area contributed by atoms with Gasteiger partial charge in [-0.3, -0.25) is 9.48 Å². The lowest BCUT2D eigenvalue weighted by Gasteiger charge is -2.20. The molecule has 0 spiro atoms. The number of fused-ring (bicyclic) bond motifs is 1. The summed E-state index contributed by atoms with van der Waals surface area (Å²) >= 11 is 12.6. The van der Waals surface area contributed by atoms with Crippen LogP contribution in [0.5, 0.6) is 11.5 Å². The van der Waals surface area contributed by atoms with Crippen molar-refractivity contribution >= 4 is 29.1 Å². The summed E-state index contributed by atoms with van der Waals surface area (Å²) in [4.78, 5) is 12.8. The molecule has 4 rings (SSSR count). The van der Waals surface area contributed by atoms with Crippen LogP contribution in [0.25, 0.3) is 0 Å². The lowest BCUT2D eigenvalue weighted by Crippen LogP contribution is -2.27. The Morgan fingerprint density at radius 1 is 1.13 bits per heavy atom. The number of rotatable bonds is 6. The number of nitrogens with zero attached hydrogens (tertiary/aromatic N) is 2. The molecule has 0 bridgehead atoms. The molecular weight excluding hydrogens is 437 g/mol. The van der Waals surface area contributed by atoms with Crippen LogP contribution in [0.15, 0.2) is 36.4 Å². The molecule has 0 unspecified atom stereocenters. The van der Waals surface area contributed by atoms with Crippen molar-refractivity contribution in [1.29, 1.82) is 0 Å². The van der Waals surface area contributed by atoms with Gasteiger partial charge in [-0.15, -0.1) is 0 Å². The number of carbonyl (C=O) groups excluding carboxylic acids is 1. The van der Waals surface area contributed by atoms with Gasteiger partial charge in [0.1, 0.15) is 13.2 Å². The van der Waals surface area contributed by atoms with E-state index >= 15 is 0 Å². The average molecular weight is 460 g/mol. The van der Waals surface area contributed by atoms with E-state index in [2.05, 4.69) is 10.4 Å². The normalized spacial score (nSPS) is 12.6. The first-order valence-electron chi connectivity index (χ1n) is 10.1. The van der Waals surface area contributed by atoms with Crippen molar-refractivity contribution in [2.45, 2.75) is 26.8 Å². The van der Waals surface area contributed by atoms with Crippen molar-refractivity contribution in [3.05, 3.63) is 74.5 Å². The molecule has 1 aliphatic rings. The van der Waals surface area contributed by atoms with Crippen LogP contribution in [0.4, 0.5) is 0 Å². The highest BCUT2D eigenvalue weighted by atomic mass is 35.5. The Kier molecular flexibility index (Phi) is 6.39. The zero-order valence-electron chi connectivity index (χ0n) is 17.4. The minimum absolute atomic E-state index is 0.149. The van der Waals surface area contributed by atoms with Crippen LogP contribution < -0.4 is 14.8 Å². The Labute approximate surface area is 191 Å². The average Bonchev–Trinajstić information content (AvgIpc) is 3.02. The molecule has 1 amide bonds. The lowest BCUT2D eigenvalue weighted by molar-refractivity contribution is 0.0953. The number of hydrogen-bond acceptors (Lipinski definition) is 4. The van der Waals surface area contributed by atoms with Gasteiger partial charge in [0.2, 0.25) is 0 Å². The Balaban J connectivity index is 1.42. The number of ether oxygens (including phenoxy) is 2. The molecule has 0 saturated heterocycles. The molecule has 6 nitrogen and oxygen atoms in total. The quantitative estimate of drug-likeness (QED) is 0.584. The molecule has 2 aromatic carbocycles. The summed E-state index contributed by atoms with van der Waals surface area (Å²) in [5.41, 5.74) is 4.00. The van der Waals surface area contributed by atoms with Crippen molar-refractivity contribution in [2.75, 3.05) is 19.8 Å². The third-order valence-corrected chi connectivity index (χ3v) is 5.89. The van der Waals surface area contributed by atoms with E-state index in [1.165, 1.54) is 0 Å². The zero-order valence-corrected chi connectivity index (χ0v) is 18.9. The minimum atomic E-state index is -0.149. The van der Waals surface area contributed by atoms with Crippen LogP contribution in [0.1, 0.15) is 32.9 Å². The van der Waals surface area contributed by atoms with Crippen molar-refractivity contribution in [2.24, 2.45) is 0 Å². The predicted molar refractivity (Wildman–Crippen MR) is 121 cm³/mol. The fraction of sp³-hybridized carbons (Fsp3) is 0.304. The van der Waals surface area contributed by atoms with Gasteiger partial charge in [0.05, 0.1) is 22.8 Å². The molecule has 31 heavy (non-hydrogen) atoms. The number of amides is 1. The van der Waals surface area contributed by atoms with Gasteiger partial charge >= 0.3 is 0 Å². The fourth-order valence-corrected chi connectivity index (χ4v) is 4.17. The molecule has 0 aliphatic carbocycles. The Hall–Kier alpha value is -2.70. The Bertz CT molecular complexity index is 1130. The van der Waals surface area contributed by atoms with E-state index in [9.17, 15) is 4.79 Å². The lowest BCUT2D eigenvalue weighted by atomic mass is 10.1. The summed E-state index contributed by atoms with van der Waals surface area (Å²) in [6, 6.07) is 11.4. The molecule has 3 aromatic rings. The molecular formula is C23H23Cl2N3O3. The van der Waals surface area contributed by atoms with E-state index in [4.69, 9.17) is 32.7 Å². The van der Waals surface area contributed by atoms with E-state index in [1.807, 2.05) is 54.9 Å². The summed E-state index contributed by atoms with van der Waals surface area (Å²) in [6.07, 6.45) is 0.619. The van der Waals surface area contributed by atoms with Crippen molar-refractivity contribution in [3.63, 3.8) is 0 Å². The fourth-order valence-electron chi connectivity index (χ4n) is 3.68. The Morgan fingerprint density at radius 2 is 1.90 bits per heavy atom. The monoisotopic (exact) mass is 459 g/mol. The maximum absolute atomic E-state index is 12.8. The summed E-state index contributed by atoms with van der Waals surface area (Å²) in [5.74, 6) is 1.08. The van der Waals surface area contributed by atoms with Gasteiger partial charge in [-0.05, 0) is 49.6 Å². The van der Waals surface area contributed by atoms with Crippen molar-refractivity contribution in [1.82, 2.24) is 15.1 Å². The molecule has 1 aliphatic heterocycles. The van der Waals surface area contributed by atoms with Gasteiger partial charge in [0, 0.05) is 17.3 Å². The van der Waals surface area contributed by atoms with Crippen LogP contribution in [-0.4, -0.2) is 35.4 Å². The molecule has 162 valence electrons. The van der Waals surface area contributed by atoms with Gasteiger partial charge in [0.15, 0.2) is 11.5 Å². The SMILES string of the molecule is Cc1nn(Cc2ccccc2Cl)c(C)c1C(=O)NCCc1cc(Cl)c2c(c1)OCCO2. The van der Waals surface area contributed by atoms with Gasteiger partial charge in [-0.2, -0.15) is 5.10 Å². The molecule has 0 atom stereocenters. The van der Waals surface area contributed by atoms with E-state index < -0.39 is 0 Å². The Morgan fingerprint density at radius 3 is 2.71 bits per heavy atom. The number of carbonyl (C=O) groups is 1. The van der Waals surface area contributed by atoms with E-state index in [1.54, 1.807) is 0 Å². The van der Waals surface area contributed by atoms with E-state index in [0.29, 0.717) is 65.5 Å². The first-order valence-corrected chi connectivity index (χ1v) is 10.8. The van der Waals surface area contributed by atoms with Crippen LogP contribution in [0.2, 0.25) is 10.0 Å². The zero-order chi connectivity index (χ0) is 22.0. The number of benzene rings is 2. The summed E-state index contributed by atoms with van der Waals surface area (Å²) in [7, 11) is 0. The summed E-state index contributed by atoms with van der Waals surface area (Å²) < 4.78 is 13.0. The van der Waals surface area contributed by atoms with E-state index in [-0.39, 0.29) is 5.91 Å². The second kappa shape index (κ2) is 9.20. The standard InChI is InChI=1S/C23H23Cl2N3O3/c1-14-21(15(2)28(27-14)13-17-5-3-4-6-18(17)24)23(29)26-8-7-16-11-19(25)22-20(12-16)30-9-10-31-22/h3-6,11-12H,7-10,13H2,1-2H3,(H,26,29). The van der Waals surface area contributed by atoms with Gasteiger partial charge in [0.25, 0.3) is 5.91 Å². The smallest absolute Gasteiger partial charge is 0.255 e. The van der Waals surface area contributed by atoms with Gasteiger partial charge in [-0.25, -0.2) is 0 Å². The third kappa shape index (κ3) is 4.65. The molecule has 0 radical (unpaired) electrons. The van der Waals surface area contributed by atoms with Gasteiger partial charge < -0.3 is 14.8 Å². The number of aryl methyl sites for hydroxylation is 1. The van der Waals surface area contributed by atoms with Crippen molar-refractivity contribution < 1.29 is 14.3 Å². The van der Waals surface area contributed by atoms with E-state index in [0.717, 1.165) is 16.8 Å². The minimum Gasteiger partial charge on any atom is -0.486 e. The second-order valence-electron chi connectivity index (χ2n) is 7.40. The van der Waals surface area contributed by atoms with Crippen LogP contribution in [-0.2, 0) is 13.0 Å². The largest absolute Gasteiger partial charge is 0.486 e. The topological polar surface area (TPSA) is 65.4 Å². The molecule has 1 N–H and O–H groups in total. The summed E-state index contributed by atoms with van der Waals surface area (Å²) in [6.45, 7) is 5.70.